The molecule has 3 aromatic rings. The quantitative estimate of drug-likeness (QED) is 0.734. The Morgan fingerprint density at radius 3 is 2.85 bits per heavy atom. The molecule has 0 spiro atoms. The van der Waals surface area contributed by atoms with Crippen molar-refractivity contribution in [2.45, 2.75) is 13.5 Å². The van der Waals surface area contributed by atoms with Crippen LogP contribution >= 0.6 is 0 Å². The van der Waals surface area contributed by atoms with Crippen LogP contribution in [0.15, 0.2) is 54.7 Å². The fourth-order valence-electron chi connectivity index (χ4n) is 2.26. The predicted molar refractivity (Wildman–Crippen MR) is 81.7 cm³/mol. The van der Waals surface area contributed by atoms with Gasteiger partial charge in [-0.15, -0.1) is 0 Å². The highest BCUT2D eigenvalue weighted by Gasteiger charge is 2.06. The van der Waals surface area contributed by atoms with Gasteiger partial charge in [-0.25, -0.2) is 0 Å². The van der Waals surface area contributed by atoms with Gasteiger partial charge >= 0.3 is 0 Å². The number of nitrogens with two attached hydrogens (primary N) is 1. The van der Waals surface area contributed by atoms with Gasteiger partial charge in [0.25, 0.3) is 0 Å². The summed E-state index contributed by atoms with van der Waals surface area (Å²) in [5.74, 6) is 0.809. The summed E-state index contributed by atoms with van der Waals surface area (Å²) < 4.78 is 5.92. The van der Waals surface area contributed by atoms with E-state index in [0.29, 0.717) is 12.3 Å². The van der Waals surface area contributed by atoms with Crippen molar-refractivity contribution >= 4 is 16.6 Å². The van der Waals surface area contributed by atoms with Crippen LogP contribution in [0, 0.1) is 6.92 Å². The Hall–Kier alpha value is -2.55. The topological polar surface area (TPSA) is 48.1 Å². The van der Waals surface area contributed by atoms with Crippen molar-refractivity contribution in [1.29, 1.82) is 0 Å². The van der Waals surface area contributed by atoms with E-state index >= 15 is 0 Å². The van der Waals surface area contributed by atoms with Crippen LogP contribution in [0.3, 0.4) is 0 Å². The number of ether oxygens (including phenoxy) is 1. The van der Waals surface area contributed by atoms with Crippen LogP contribution in [0.1, 0.15) is 11.1 Å². The van der Waals surface area contributed by atoms with Gasteiger partial charge in [0, 0.05) is 11.6 Å². The normalized spacial score (nSPS) is 10.7. The van der Waals surface area contributed by atoms with Crippen LogP contribution in [-0.2, 0) is 6.61 Å². The van der Waals surface area contributed by atoms with Gasteiger partial charge in [0.2, 0.25) is 0 Å². The maximum atomic E-state index is 5.93. The van der Waals surface area contributed by atoms with Crippen molar-refractivity contribution in [3.63, 3.8) is 0 Å². The van der Waals surface area contributed by atoms with Gasteiger partial charge in [-0.3, -0.25) is 4.98 Å². The van der Waals surface area contributed by atoms with Crippen molar-refractivity contribution in [3.8, 4) is 5.75 Å². The molecule has 0 fully saturated rings. The van der Waals surface area contributed by atoms with Crippen LogP contribution in [0.2, 0.25) is 0 Å². The van der Waals surface area contributed by atoms with E-state index in [0.717, 1.165) is 22.2 Å². The summed E-state index contributed by atoms with van der Waals surface area (Å²) in [4.78, 5) is 4.31. The molecular weight excluding hydrogens is 248 g/mol. The van der Waals surface area contributed by atoms with E-state index in [9.17, 15) is 0 Å². The number of pyridine rings is 1. The number of hydrogen-bond acceptors (Lipinski definition) is 3. The molecule has 0 aliphatic carbocycles. The number of nitrogens with zero attached hydrogens (tertiary/aromatic N) is 1. The molecule has 0 aliphatic heterocycles. The number of fused-ring (bicyclic) bond motifs is 1. The van der Waals surface area contributed by atoms with E-state index in [4.69, 9.17) is 10.5 Å². The molecule has 1 heterocycles. The zero-order valence-electron chi connectivity index (χ0n) is 11.3. The summed E-state index contributed by atoms with van der Waals surface area (Å²) in [5.41, 5.74) is 9.77. The maximum absolute atomic E-state index is 5.93. The lowest BCUT2D eigenvalue weighted by atomic mass is 10.1. The Morgan fingerprint density at radius 1 is 1.10 bits per heavy atom. The Labute approximate surface area is 118 Å². The van der Waals surface area contributed by atoms with Gasteiger partial charge in [-0.2, -0.15) is 0 Å². The minimum Gasteiger partial charge on any atom is -0.488 e. The first-order chi connectivity index (χ1) is 9.74. The Bertz CT molecular complexity index is 753. The lowest BCUT2D eigenvalue weighted by Gasteiger charge is -2.10. The molecule has 0 amide bonds. The first kappa shape index (κ1) is 12.5. The van der Waals surface area contributed by atoms with Crippen molar-refractivity contribution in [1.82, 2.24) is 4.98 Å². The van der Waals surface area contributed by atoms with Crippen molar-refractivity contribution in [3.05, 3.63) is 65.9 Å². The third kappa shape index (κ3) is 2.43. The van der Waals surface area contributed by atoms with Crippen LogP contribution < -0.4 is 10.5 Å². The molecule has 1 aromatic heterocycles. The average molecular weight is 264 g/mol. The first-order valence-electron chi connectivity index (χ1n) is 6.55. The lowest BCUT2D eigenvalue weighted by molar-refractivity contribution is 0.310. The van der Waals surface area contributed by atoms with E-state index in [1.54, 1.807) is 6.20 Å². The molecule has 0 atom stereocenters. The number of nitrogen functional groups attached to an aromatic ring is 1. The highest BCUT2D eigenvalue weighted by Crippen LogP contribution is 2.28. The van der Waals surface area contributed by atoms with E-state index in [1.807, 2.05) is 30.3 Å². The zero-order chi connectivity index (χ0) is 13.9. The van der Waals surface area contributed by atoms with Crippen LogP contribution in [0.4, 0.5) is 5.69 Å². The molecule has 3 rings (SSSR count). The molecule has 2 aromatic carbocycles. The fraction of sp³-hybridized carbons (Fsp3) is 0.118. The Morgan fingerprint density at radius 2 is 2.00 bits per heavy atom. The van der Waals surface area contributed by atoms with Crippen molar-refractivity contribution in [2.24, 2.45) is 0 Å². The SMILES string of the molecule is Cc1cccc(COc2ccc(N)c3ncccc23)c1. The summed E-state index contributed by atoms with van der Waals surface area (Å²) in [6.07, 6.45) is 1.74. The third-order valence-corrected chi connectivity index (χ3v) is 3.24. The second-order valence-corrected chi connectivity index (χ2v) is 4.83. The minimum absolute atomic E-state index is 0.537. The first-order valence-corrected chi connectivity index (χ1v) is 6.55. The monoisotopic (exact) mass is 264 g/mol. The molecular formula is C17H16N2O. The molecule has 0 aliphatic rings. The van der Waals surface area contributed by atoms with E-state index in [-0.39, 0.29) is 0 Å². The highest BCUT2D eigenvalue weighted by atomic mass is 16.5. The number of benzene rings is 2. The Kier molecular flexibility index (Phi) is 3.25. The minimum atomic E-state index is 0.537. The lowest BCUT2D eigenvalue weighted by Crippen LogP contribution is -1.98. The van der Waals surface area contributed by atoms with E-state index < -0.39 is 0 Å². The number of anilines is 1. The van der Waals surface area contributed by atoms with Gasteiger partial charge in [-0.1, -0.05) is 29.8 Å². The van der Waals surface area contributed by atoms with Gasteiger partial charge < -0.3 is 10.5 Å². The molecule has 3 heteroatoms. The number of aromatic nitrogens is 1. The third-order valence-electron chi connectivity index (χ3n) is 3.24. The van der Waals surface area contributed by atoms with Gasteiger partial charge in [0.15, 0.2) is 0 Å². The number of rotatable bonds is 3. The van der Waals surface area contributed by atoms with Crippen LogP contribution in [0.5, 0.6) is 5.75 Å². The molecule has 0 saturated carbocycles. The average Bonchev–Trinajstić information content (AvgIpc) is 2.47. The van der Waals surface area contributed by atoms with Crippen molar-refractivity contribution in [2.75, 3.05) is 5.73 Å². The van der Waals surface area contributed by atoms with Crippen LogP contribution in [0.25, 0.3) is 10.9 Å². The van der Waals surface area contributed by atoms with Gasteiger partial charge in [0.1, 0.15) is 12.4 Å². The van der Waals surface area contributed by atoms with E-state index in [1.165, 1.54) is 5.56 Å². The standard InChI is InChI=1S/C17H16N2O/c1-12-4-2-5-13(10-12)11-20-16-8-7-15(18)17-14(16)6-3-9-19-17/h2-10H,11,18H2,1H3. The molecule has 0 bridgehead atoms. The predicted octanol–water partition coefficient (Wildman–Crippen LogP) is 3.70. The van der Waals surface area contributed by atoms with Crippen molar-refractivity contribution < 1.29 is 4.74 Å². The summed E-state index contributed by atoms with van der Waals surface area (Å²) in [6, 6.07) is 15.9. The second-order valence-electron chi connectivity index (χ2n) is 4.83. The van der Waals surface area contributed by atoms with Gasteiger partial charge in [-0.05, 0) is 36.8 Å². The molecule has 100 valence electrons. The van der Waals surface area contributed by atoms with Crippen LogP contribution in [-0.4, -0.2) is 4.98 Å². The molecule has 0 radical (unpaired) electrons. The van der Waals surface area contributed by atoms with E-state index in [2.05, 4.69) is 30.1 Å². The zero-order valence-corrected chi connectivity index (χ0v) is 11.3. The highest BCUT2D eigenvalue weighted by molar-refractivity contribution is 5.93. The second kappa shape index (κ2) is 5.21. The summed E-state index contributed by atoms with van der Waals surface area (Å²) in [7, 11) is 0. The number of hydrogen-bond donors (Lipinski definition) is 1. The molecule has 0 unspecified atom stereocenters. The molecule has 3 nitrogen and oxygen atoms in total. The summed E-state index contributed by atoms with van der Waals surface area (Å²) >= 11 is 0. The fourth-order valence-corrected chi connectivity index (χ4v) is 2.26. The molecule has 20 heavy (non-hydrogen) atoms. The largest absolute Gasteiger partial charge is 0.488 e. The maximum Gasteiger partial charge on any atom is 0.129 e. The summed E-state index contributed by atoms with van der Waals surface area (Å²) in [5, 5.41) is 0.945. The van der Waals surface area contributed by atoms with Gasteiger partial charge in [0.05, 0.1) is 11.2 Å². The summed E-state index contributed by atoms with van der Waals surface area (Å²) in [6.45, 7) is 2.61. The Balaban J connectivity index is 1.90. The smallest absolute Gasteiger partial charge is 0.129 e. The molecule has 0 saturated heterocycles. The molecule has 2 N–H and O–H groups in total. The number of aryl methyl sites for hydroxylation is 1.